The molecular weight excluding hydrogens is 156 g/mol. The highest BCUT2D eigenvalue weighted by Gasteiger charge is 1.94. The van der Waals surface area contributed by atoms with E-state index in [0.29, 0.717) is 24.8 Å². The van der Waals surface area contributed by atoms with Crippen molar-refractivity contribution in [2.75, 3.05) is 25.5 Å². The normalized spacial score (nSPS) is 9.50. The fourth-order valence-electron chi connectivity index (χ4n) is 0.697. The summed E-state index contributed by atoms with van der Waals surface area (Å²) in [6.07, 6.45) is 3.21. The van der Waals surface area contributed by atoms with Gasteiger partial charge in [0.1, 0.15) is 0 Å². The number of methoxy groups -OCH3 is 1. The Morgan fingerprint density at radius 2 is 2.17 bits per heavy atom. The molecule has 0 radical (unpaired) electrons. The molecule has 0 aliphatic heterocycles. The molecule has 5 nitrogen and oxygen atoms in total. The molecule has 1 heterocycles. The minimum absolute atomic E-state index is 0.565. The Hall–Kier alpha value is -1.36. The summed E-state index contributed by atoms with van der Waals surface area (Å²) in [5, 5.41) is 2.94. The van der Waals surface area contributed by atoms with Crippen LogP contribution in [-0.2, 0) is 0 Å². The van der Waals surface area contributed by atoms with E-state index in [4.69, 9.17) is 10.5 Å². The molecule has 3 N–H and O–H groups in total. The van der Waals surface area contributed by atoms with Crippen LogP contribution in [0, 0.1) is 0 Å². The lowest BCUT2D eigenvalue weighted by atomic mass is 10.6. The van der Waals surface area contributed by atoms with Gasteiger partial charge in [0, 0.05) is 13.1 Å². The van der Waals surface area contributed by atoms with Gasteiger partial charge in [-0.15, -0.1) is 0 Å². The first-order valence-corrected chi connectivity index (χ1v) is 3.67. The summed E-state index contributed by atoms with van der Waals surface area (Å²) >= 11 is 0. The van der Waals surface area contributed by atoms with Gasteiger partial charge in [0.25, 0.3) is 0 Å². The first-order valence-electron chi connectivity index (χ1n) is 3.67. The van der Waals surface area contributed by atoms with Gasteiger partial charge in [0.05, 0.1) is 19.5 Å². The van der Waals surface area contributed by atoms with Crippen molar-refractivity contribution in [1.82, 2.24) is 9.97 Å². The lowest BCUT2D eigenvalue weighted by Gasteiger charge is -2.02. The molecule has 0 saturated heterocycles. The number of anilines is 1. The minimum atomic E-state index is 0.565. The highest BCUT2D eigenvalue weighted by atomic mass is 16.5. The van der Waals surface area contributed by atoms with E-state index in [0.717, 1.165) is 0 Å². The molecule has 0 aliphatic carbocycles. The number of nitrogens with zero attached hydrogens (tertiary/aromatic N) is 2. The smallest absolute Gasteiger partial charge is 0.222 e. The number of aromatic nitrogens is 2. The molecule has 1 aromatic rings. The van der Waals surface area contributed by atoms with Gasteiger partial charge in [-0.05, 0) is 0 Å². The summed E-state index contributed by atoms with van der Waals surface area (Å²) in [5.74, 6) is 1.22. The predicted octanol–water partition coefficient (Wildman–Crippen LogP) is -0.144. The van der Waals surface area contributed by atoms with E-state index >= 15 is 0 Å². The summed E-state index contributed by atoms with van der Waals surface area (Å²) in [7, 11) is 1.58. The van der Waals surface area contributed by atoms with Crippen LogP contribution in [0.2, 0.25) is 0 Å². The third-order valence-electron chi connectivity index (χ3n) is 1.29. The number of ether oxygens (including phenoxy) is 1. The van der Waals surface area contributed by atoms with Crippen molar-refractivity contribution < 1.29 is 4.74 Å². The maximum Gasteiger partial charge on any atom is 0.222 e. The number of hydrogen-bond donors (Lipinski definition) is 2. The molecular formula is C7H12N4O. The van der Waals surface area contributed by atoms with Gasteiger partial charge in [-0.1, -0.05) is 0 Å². The van der Waals surface area contributed by atoms with E-state index in [1.807, 2.05) is 0 Å². The average Bonchev–Trinajstić information content (AvgIpc) is 2.15. The first kappa shape index (κ1) is 8.73. The van der Waals surface area contributed by atoms with Crippen LogP contribution in [0.4, 0.5) is 5.95 Å². The van der Waals surface area contributed by atoms with Crippen LogP contribution in [0.25, 0.3) is 0 Å². The first-order chi connectivity index (χ1) is 5.86. The van der Waals surface area contributed by atoms with Crippen LogP contribution in [-0.4, -0.2) is 30.2 Å². The summed E-state index contributed by atoms with van der Waals surface area (Å²) in [6, 6.07) is 0. The zero-order chi connectivity index (χ0) is 8.81. The fourth-order valence-corrected chi connectivity index (χ4v) is 0.697. The van der Waals surface area contributed by atoms with Crippen LogP contribution >= 0.6 is 0 Å². The number of nitrogens with one attached hydrogen (secondary N) is 1. The molecule has 0 amide bonds. The molecule has 12 heavy (non-hydrogen) atoms. The topological polar surface area (TPSA) is 73.1 Å². The Labute approximate surface area is 71.0 Å². The van der Waals surface area contributed by atoms with Crippen molar-refractivity contribution in [2.45, 2.75) is 0 Å². The lowest BCUT2D eigenvalue weighted by molar-refractivity contribution is 0.411. The summed E-state index contributed by atoms with van der Waals surface area (Å²) in [4.78, 5) is 7.97. The van der Waals surface area contributed by atoms with E-state index in [9.17, 15) is 0 Å². The van der Waals surface area contributed by atoms with Crippen molar-refractivity contribution in [3.63, 3.8) is 0 Å². The van der Waals surface area contributed by atoms with Crippen molar-refractivity contribution in [2.24, 2.45) is 5.73 Å². The van der Waals surface area contributed by atoms with Crippen LogP contribution in [0.15, 0.2) is 12.4 Å². The summed E-state index contributed by atoms with van der Waals surface area (Å²) in [5.41, 5.74) is 5.29. The van der Waals surface area contributed by atoms with Gasteiger partial charge in [-0.2, -0.15) is 0 Å². The Morgan fingerprint density at radius 3 is 2.67 bits per heavy atom. The third-order valence-corrected chi connectivity index (χ3v) is 1.29. The van der Waals surface area contributed by atoms with Crippen LogP contribution in [0.1, 0.15) is 0 Å². The van der Waals surface area contributed by atoms with Crippen molar-refractivity contribution in [3.05, 3.63) is 12.4 Å². The van der Waals surface area contributed by atoms with Crippen molar-refractivity contribution >= 4 is 5.95 Å². The molecule has 0 fully saturated rings. The molecule has 0 bridgehead atoms. The SMILES string of the molecule is COc1cnc(NCCN)nc1. The van der Waals surface area contributed by atoms with E-state index in [1.165, 1.54) is 0 Å². The second kappa shape index (κ2) is 4.50. The maximum atomic E-state index is 5.29. The zero-order valence-electron chi connectivity index (χ0n) is 6.95. The monoisotopic (exact) mass is 168 g/mol. The van der Waals surface area contributed by atoms with Gasteiger partial charge in [0.15, 0.2) is 5.75 Å². The average molecular weight is 168 g/mol. The number of rotatable bonds is 4. The quantitative estimate of drug-likeness (QED) is 0.654. The summed E-state index contributed by atoms with van der Waals surface area (Å²) < 4.78 is 4.90. The lowest BCUT2D eigenvalue weighted by Crippen LogP contribution is -2.14. The van der Waals surface area contributed by atoms with Gasteiger partial charge < -0.3 is 15.8 Å². The molecule has 0 atom stereocenters. The maximum absolute atomic E-state index is 5.29. The molecule has 0 saturated carbocycles. The molecule has 0 spiro atoms. The van der Waals surface area contributed by atoms with Gasteiger partial charge in [-0.25, -0.2) is 9.97 Å². The van der Waals surface area contributed by atoms with Crippen LogP contribution < -0.4 is 15.8 Å². The Kier molecular flexibility index (Phi) is 3.28. The van der Waals surface area contributed by atoms with Crippen LogP contribution in [0.3, 0.4) is 0 Å². The third kappa shape index (κ3) is 2.35. The Balaban J connectivity index is 2.53. The molecule has 1 rings (SSSR count). The standard InChI is InChI=1S/C7H12N4O/c1-12-6-4-10-7(11-5-6)9-3-2-8/h4-5H,2-3,8H2,1H3,(H,9,10,11). The Bertz CT molecular complexity index is 223. The molecule has 0 aliphatic rings. The number of hydrogen-bond acceptors (Lipinski definition) is 5. The summed E-state index contributed by atoms with van der Waals surface area (Å²) in [6.45, 7) is 1.24. The number of nitrogens with two attached hydrogens (primary N) is 1. The second-order valence-electron chi connectivity index (χ2n) is 2.16. The molecule has 66 valence electrons. The van der Waals surface area contributed by atoms with Crippen LogP contribution in [0.5, 0.6) is 5.75 Å². The minimum Gasteiger partial charge on any atom is -0.494 e. The molecule has 0 unspecified atom stereocenters. The molecule has 0 aromatic carbocycles. The van der Waals surface area contributed by atoms with Crippen molar-refractivity contribution in [1.29, 1.82) is 0 Å². The second-order valence-corrected chi connectivity index (χ2v) is 2.16. The molecule has 1 aromatic heterocycles. The van der Waals surface area contributed by atoms with E-state index in [-0.39, 0.29) is 0 Å². The fraction of sp³-hybridized carbons (Fsp3) is 0.429. The highest BCUT2D eigenvalue weighted by molar-refractivity contribution is 5.26. The highest BCUT2D eigenvalue weighted by Crippen LogP contribution is 2.06. The Morgan fingerprint density at radius 1 is 1.50 bits per heavy atom. The van der Waals surface area contributed by atoms with Gasteiger partial charge in [-0.3, -0.25) is 0 Å². The van der Waals surface area contributed by atoms with E-state index in [1.54, 1.807) is 19.5 Å². The zero-order valence-corrected chi connectivity index (χ0v) is 6.95. The van der Waals surface area contributed by atoms with E-state index in [2.05, 4.69) is 15.3 Å². The predicted molar refractivity (Wildman–Crippen MR) is 46.1 cm³/mol. The largest absolute Gasteiger partial charge is 0.494 e. The van der Waals surface area contributed by atoms with Gasteiger partial charge in [0.2, 0.25) is 5.95 Å². The van der Waals surface area contributed by atoms with Gasteiger partial charge >= 0.3 is 0 Å². The molecule has 5 heteroatoms. The van der Waals surface area contributed by atoms with Crippen molar-refractivity contribution in [3.8, 4) is 5.75 Å². The van der Waals surface area contributed by atoms with E-state index < -0.39 is 0 Å².